The van der Waals surface area contributed by atoms with Crippen molar-refractivity contribution in [2.24, 2.45) is 0 Å². The Morgan fingerprint density at radius 1 is 1.39 bits per heavy atom. The summed E-state index contributed by atoms with van der Waals surface area (Å²) in [5, 5.41) is 6.25. The van der Waals surface area contributed by atoms with Crippen molar-refractivity contribution in [3.63, 3.8) is 0 Å². The molecule has 2 unspecified atom stereocenters. The lowest BCUT2D eigenvalue weighted by Crippen LogP contribution is -2.34. The first-order valence-corrected chi connectivity index (χ1v) is 6.36. The molecule has 1 aromatic rings. The van der Waals surface area contributed by atoms with E-state index in [-0.39, 0.29) is 5.91 Å². The van der Waals surface area contributed by atoms with Gasteiger partial charge in [-0.15, -0.1) is 0 Å². The SMILES string of the molecule is CC(=O)Nc1ccc(CNC2CCOC2C)cc1. The van der Waals surface area contributed by atoms with Crippen molar-refractivity contribution >= 4 is 11.6 Å². The van der Waals surface area contributed by atoms with E-state index in [2.05, 4.69) is 17.6 Å². The molecule has 4 nitrogen and oxygen atoms in total. The van der Waals surface area contributed by atoms with Gasteiger partial charge in [0.05, 0.1) is 6.10 Å². The third-order valence-electron chi connectivity index (χ3n) is 3.22. The summed E-state index contributed by atoms with van der Waals surface area (Å²) < 4.78 is 5.51. The van der Waals surface area contributed by atoms with E-state index in [4.69, 9.17) is 4.74 Å². The van der Waals surface area contributed by atoms with Crippen LogP contribution in [0.4, 0.5) is 5.69 Å². The maximum absolute atomic E-state index is 10.9. The van der Waals surface area contributed by atoms with Gasteiger partial charge in [0.15, 0.2) is 0 Å². The van der Waals surface area contributed by atoms with Crippen LogP contribution in [0.15, 0.2) is 24.3 Å². The Labute approximate surface area is 108 Å². The number of benzene rings is 1. The summed E-state index contributed by atoms with van der Waals surface area (Å²) in [6.45, 7) is 5.29. The van der Waals surface area contributed by atoms with Gasteiger partial charge in [-0.25, -0.2) is 0 Å². The zero-order valence-electron chi connectivity index (χ0n) is 10.9. The van der Waals surface area contributed by atoms with Crippen molar-refractivity contribution in [2.45, 2.75) is 39.0 Å². The third-order valence-corrected chi connectivity index (χ3v) is 3.22. The Morgan fingerprint density at radius 3 is 2.67 bits per heavy atom. The van der Waals surface area contributed by atoms with Crippen LogP contribution in [0.5, 0.6) is 0 Å². The normalized spacial score (nSPS) is 23.0. The second-order valence-electron chi connectivity index (χ2n) is 4.73. The third kappa shape index (κ3) is 3.55. The highest BCUT2D eigenvalue weighted by molar-refractivity contribution is 5.88. The summed E-state index contributed by atoms with van der Waals surface area (Å²) in [5.74, 6) is -0.0437. The molecule has 98 valence electrons. The van der Waals surface area contributed by atoms with Crippen LogP contribution < -0.4 is 10.6 Å². The number of nitrogens with one attached hydrogen (secondary N) is 2. The van der Waals surface area contributed by atoms with Crippen molar-refractivity contribution in [3.05, 3.63) is 29.8 Å². The smallest absolute Gasteiger partial charge is 0.221 e. The molecule has 1 saturated heterocycles. The molecule has 0 radical (unpaired) electrons. The van der Waals surface area contributed by atoms with E-state index in [9.17, 15) is 4.79 Å². The Bertz CT molecular complexity index is 403. The second-order valence-corrected chi connectivity index (χ2v) is 4.73. The van der Waals surface area contributed by atoms with E-state index in [1.807, 2.05) is 24.3 Å². The maximum Gasteiger partial charge on any atom is 0.221 e. The van der Waals surface area contributed by atoms with Gasteiger partial charge in [0.1, 0.15) is 0 Å². The van der Waals surface area contributed by atoms with Crippen molar-refractivity contribution in [1.82, 2.24) is 5.32 Å². The zero-order chi connectivity index (χ0) is 13.0. The number of rotatable bonds is 4. The van der Waals surface area contributed by atoms with E-state index in [0.29, 0.717) is 12.1 Å². The molecule has 1 fully saturated rings. The Kier molecular flexibility index (Phi) is 4.33. The quantitative estimate of drug-likeness (QED) is 0.855. The van der Waals surface area contributed by atoms with Gasteiger partial charge in [-0.3, -0.25) is 4.79 Å². The monoisotopic (exact) mass is 248 g/mol. The van der Waals surface area contributed by atoms with Crippen LogP contribution >= 0.6 is 0 Å². The Morgan fingerprint density at radius 2 is 2.11 bits per heavy atom. The number of carbonyl (C=O) groups excluding carboxylic acids is 1. The number of amides is 1. The van der Waals surface area contributed by atoms with Crippen LogP contribution in [-0.4, -0.2) is 24.7 Å². The van der Waals surface area contributed by atoms with E-state index in [1.165, 1.54) is 12.5 Å². The van der Waals surface area contributed by atoms with Crippen LogP contribution in [-0.2, 0) is 16.1 Å². The zero-order valence-corrected chi connectivity index (χ0v) is 10.9. The molecular weight excluding hydrogens is 228 g/mol. The Hall–Kier alpha value is -1.39. The van der Waals surface area contributed by atoms with Crippen LogP contribution in [0.1, 0.15) is 25.8 Å². The first-order chi connectivity index (χ1) is 8.65. The molecule has 2 rings (SSSR count). The van der Waals surface area contributed by atoms with Crippen LogP contribution in [0.25, 0.3) is 0 Å². The van der Waals surface area contributed by atoms with Crippen LogP contribution in [0.3, 0.4) is 0 Å². The predicted molar refractivity (Wildman–Crippen MR) is 71.4 cm³/mol. The minimum Gasteiger partial charge on any atom is -0.377 e. The van der Waals surface area contributed by atoms with E-state index in [0.717, 1.165) is 25.3 Å². The number of anilines is 1. The van der Waals surface area contributed by atoms with E-state index >= 15 is 0 Å². The largest absolute Gasteiger partial charge is 0.377 e. The summed E-state index contributed by atoms with van der Waals surface area (Å²) in [5.41, 5.74) is 2.05. The van der Waals surface area contributed by atoms with Crippen LogP contribution in [0.2, 0.25) is 0 Å². The molecule has 0 aromatic heterocycles. The first kappa shape index (κ1) is 13.1. The lowest BCUT2D eigenvalue weighted by Gasteiger charge is -2.16. The Balaban J connectivity index is 1.84. The fraction of sp³-hybridized carbons (Fsp3) is 0.500. The van der Waals surface area contributed by atoms with E-state index < -0.39 is 0 Å². The minimum absolute atomic E-state index is 0.0437. The van der Waals surface area contributed by atoms with Gasteiger partial charge in [-0.2, -0.15) is 0 Å². The molecule has 0 aliphatic carbocycles. The lowest BCUT2D eigenvalue weighted by atomic mass is 10.1. The van der Waals surface area contributed by atoms with Crippen molar-refractivity contribution < 1.29 is 9.53 Å². The number of hydrogen-bond donors (Lipinski definition) is 2. The van der Waals surface area contributed by atoms with Gasteiger partial charge in [-0.1, -0.05) is 12.1 Å². The molecule has 1 aliphatic rings. The summed E-state index contributed by atoms with van der Waals surface area (Å²) in [6, 6.07) is 8.34. The standard InChI is InChI=1S/C14H20N2O2/c1-10-14(7-8-18-10)15-9-12-3-5-13(6-4-12)16-11(2)17/h3-6,10,14-15H,7-9H2,1-2H3,(H,16,17). The molecule has 4 heteroatoms. The highest BCUT2D eigenvalue weighted by Gasteiger charge is 2.23. The van der Waals surface area contributed by atoms with Gasteiger partial charge in [0.25, 0.3) is 0 Å². The molecule has 1 aliphatic heterocycles. The molecule has 0 bridgehead atoms. The van der Waals surface area contributed by atoms with Gasteiger partial charge < -0.3 is 15.4 Å². The molecule has 0 spiro atoms. The molecule has 1 aromatic carbocycles. The molecular formula is C14H20N2O2. The van der Waals surface area contributed by atoms with Crippen molar-refractivity contribution in [2.75, 3.05) is 11.9 Å². The van der Waals surface area contributed by atoms with Crippen LogP contribution in [0, 0.1) is 0 Å². The fourth-order valence-corrected chi connectivity index (χ4v) is 2.16. The molecule has 18 heavy (non-hydrogen) atoms. The number of carbonyl (C=O) groups is 1. The molecule has 1 heterocycles. The minimum atomic E-state index is -0.0437. The molecule has 0 saturated carbocycles. The number of hydrogen-bond acceptors (Lipinski definition) is 3. The summed E-state index contributed by atoms with van der Waals surface area (Å²) in [7, 11) is 0. The molecule has 1 amide bonds. The van der Waals surface area contributed by atoms with Gasteiger partial charge in [0.2, 0.25) is 5.91 Å². The molecule has 2 N–H and O–H groups in total. The summed E-state index contributed by atoms with van der Waals surface area (Å²) in [4.78, 5) is 10.9. The lowest BCUT2D eigenvalue weighted by molar-refractivity contribution is -0.114. The number of ether oxygens (including phenoxy) is 1. The van der Waals surface area contributed by atoms with Gasteiger partial charge in [0, 0.05) is 31.8 Å². The topological polar surface area (TPSA) is 50.4 Å². The molecule has 2 atom stereocenters. The summed E-state index contributed by atoms with van der Waals surface area (Å²) >= 11 is 0. The fourth-order valence-electron chi connectivity index (χ4n) is 2.16. The van der Waals surface area contributed by atoms with Crippen molar-refractivity contribution in [1.29, 1.82) is 0 Å². The van der Waals surface area contributed by atoms with Gasteiger partial charge in [-0.05, 0) is 31.0 Å². The highest BCUT2D eigenvalue weighted by atomic mass is 16.5. The predicted octanol–water partition coefficient (Wildman–Crippen LogP) is 1.91. The van der Waals surface area contributed by atoms with Gasteiger partial charge >= 0.3 is 0 Å². The van der Waals surface area contributed by atoms with Crippen molar-refractivity contribution in [3.8, 4) is 0 Å². The van der Waals surface area contributed by atoms with E-state index in [1.54, 1.807) is 0 Å². The average molecular weight is 248 g/mol. The highest BCUT2D eigenvalue weighted by Crippen LogP contribution is 2.14. The first-order valence-electron chi connectivity index (χ1n) is 6.36. The maximum atomic E-state index is 10.9. The second kappa shape index (κ2) is 5.98. The summed E-state index contributed by atoms with van der Waals surface area (Å²) in [6.07, 6.45) is 1.37. The average Bonchev–Trinajstić information content (AvgIpc) is 2.73.